The normalized spacial score (nSPS) is 23.6. The lowest BCUT2D eigenvalue weighted by atomic mass is 9.99. The zero-order valence-electron chi connectivity index (χ0n) is 17.2. The molecule has 1 aromatic carbocycles. The van der Waals surface area contributed by atoms with Gasteiger partial charge in [-0.3, -0.25) is 9.69 Å². The highest BCUT2D eigenvalue weighted by atomic mass is 19.4. The Morgan fingerprint density at radius 2 is 1.87 bits per heavy atom. The van der Waals surface area contributed by atoms with E-state index >= 15 is 0 Å². The fourth-order valence-corrected chi connectivity index (χ4v) is 3.55. The molecule has 0 aromatic heterocycles. The van der Waals surface area contributed by atoms with Crippen molar-refractivity contribution in [3.63, 3.8) is 0 Å². The fourth-order valence-electron chi connectivity index (χ4n) is 3.55. The van der Waals surface area contributed by atoms with Gasteiger partial charge in [0.25, 0.3) is 0 Å². The van der Waals surface area contributed by atoms with Crippen molar-refractivity contribution < 1.29 is 32.6 Å². The van der Waals surface area contributed by atoms with Crippen molar-refractivity contribution in [2.24, 2.45) is 11.8 Å². The highest BCUT2D eigenvalue weighted by Gasteiger charge is 2.44. The molecule has 0 saturated carbocycles. The molecule has 3 rings (SSSR count). The number of likely N-dealkylation sites (tertiary alicyclic amines) is 1. The number of amides is 1. The lowest BCUT2D eigenvalue weighted by Crippen LogP contribution is -2.45. The number of carbonyl (C=O) groups excluding carboxylic acids is 1. The molecule has 2 heterocycles. The van der Waals surface area contributed by atoms with Gasteiger partial charge in [0, 0.05) is 19.6 Å². The van der Waals surface area contributed by atoms with E-state index in [2.05, 4.69) is 24.1 Å². The van der Waals surface area contributed by atoms with Crippen LogP contribution in [0, 0.1) is 11.8 Å². The van der Waals surface area contributed by atoms with Crippen molar-refractivity contribution in [3.8, 4) is 0 Å². The molecule has 168 valence electrons. The molecular formula is C21H29F3N2O4. The molecule has 2 aliphatic rings. The molecule has 2 N–H and O–H groups in total. The van der Waals surface area contributed by atoms with E-state index in [-0.39, 0.29) is 24.0 Å². The van der Waals surface area contributed by atoms with Crippen LogP contribution in [0.2, 0.25) is 0 Å². The van der Waals surface area contributed by atoms with Crippen molar-refractivity contribution in [2.45, 2.75) is 51.6 Å². The third kappa shape index (κ3) is 7.60. The van der Waals surface area contributed by atoms with Gasteiger partial charge in [-0.05, 0) is 30.9 Å². The summed E-state index contributed by atoms with van der Waals surface area (Å²) in [5.41, 5.74) is 1.14. The molecule has 1 aromatic rings. The summed E-state index contributed by atoms with van der Waals surface area (Å²) >= 11 is 0. The van der Waals surface area contributed by atoms with Gasteiger partial charge in [-0.15, -0.1) is 0 Å². The molecule has 0 radical (unpaired) electrons. The number of ether oxygens (including phenoxy) is 1. The van der Waals surface area contributed by atoms with Crippen LogP contribution < -0.4 is 5.32 Å². The standard InChI is InChI=1S/C19H28N2O2.C2HF3O2/c1-14(2)8-9-21-12-16-10-17(18(13-21)23-16)19(22)20-11-15-6-4-3-5-7-15;3-2(4,5)1(6)7/h3-7,14,16-18H,8-13H2,1-2H3,(H,20,22);(H,6,7)/t16-,17+,18-;/m1./s1. The third-order valence-corrected chi connectivity index (χ3v) is 5.14. The van der Waals surface area contributed by atoms with Crippen LogP contribution in [0.4, 0.5) is 13.2 Å². The minimum absolute atomic E-state index is 0.00719. The second-order valence-corrected chi connectivity index (χ2v) is 8.09. The number of benzene rings is 1. The van der Waals surface area contributed by atoms with Crippen molar-refractivity contribution >= 4 is 11.9 Å². The Labute approximate surface area is 174 Å². The van der Waals surface area contributed by atoms with E-state index in [0.29, 0.717) is 6.54 Å². The summed E-state index contributed by atoms with van der Waals surface area (Å²) in [6.07, 6.45) is -2.71. The summed E-state index contributed by atoms with van der Waals surface area (Å²) < 4.78 is 37.8. The van der Waals surface area contributed by atoms with Gasteiger partial charge in [-0.1, -0.05) is 44.2 Å². The average molecular weight is 430 g/mol. The first-order valence-electron chi connectivity index (χ1n) is 10.1. The number of nitrogens with zero attached hydrogens (tertiary/aromatic N) is 1. The molecule has 2 fully saturated rings. The average Bonchev–Trinajstić information content (AvgIpc) is 2.99. The molecule has 2 bridgehead atoms. The lowest BCUT2D eigenvalue weighted by Gasteiger charge is -2.33. The number of hydrogen-bond donors (Lipinski definition) is 2. The molecule has 0 unspecified atom stereocenters. The Kier molecular flexibility index (Phi) is 8.66. The van der Waals surface area contributed by atoms with E-state index in [4.69, 9.17) is 14.6 Å². The zero-order valence-corrected chi connectivity index (χ0v) is 17.2. The van der Waals surface area contributed by atoms with Gasteiger partial charge in [0.15, 0.2) is 0 Å². The quantitative estimate of drug-likeness (QED) is 0.725. The largest absolute Gasteiger partial charge is 0.490 e. The Bertz CT molecular complexity index is 697. The van der Waals surface area contributed by atoms with Gasteiger partial charge in [-0.2, -0.15) is 13.2 Å². The molecule has 30 heavy (non-hydrogen) atoms. The highest BCUT2D eigenvalue weighted by molar-refractivity contribution is 5.79. The smallest absolute Gasteiger partial charge is 0.475 e. The SMILES string of the molecule is CC(C)CCN1C[C@H]2C[C@H](C(=O)NCc3ccccc3)[C@@H](C1)O2.O=C(O)C(F)(F)F. The van der Waals surface area contributed by atoms with Crippen LogP contribution in [0.3, 0.4) is 0 Å². The van der Waals surface area contributed by atoms with Crippen molar-refractivity contribution in [1.82, 2.24) is 10.2 Å². The number of morpholine rings is 1. The maximum atomic E-state index is 12.5. The van der Waals surface area contributed by atoms with Gasteiger partial charge in [0.1, 0.15) is 0 Å². The monoisotopic (exact) mass is 430 g/mol. The number of carboxylic acid groups (broad SMARTS) is 1. The summed E-state index contributed by atoms with van der Waals surface area (Å²) in [7, 11) is 0. The number of halogens is 3. The van der Waals surface area contributed by atoms with Gasteiger partial charge in [0.05, 0.1) is 18.1 Å². The minimum Gasteiger partial charge on any atom is -0.475 e. The third-order valence-electron chi connectivity index (χ3n) is 5.14. The minimum atomic E-state index is -5.08. The summed E-state index contributed by atoms with van der Waals surface area (Å²) in [6, 6.07) is 10.1. The van der Waals surface area contributed by atoms with E-state index in [1.807, 2.05) is 30.3 Å². The number of aliphatic carboxylic acids is 1. The van der Waals surface area contributed by atoms with Crippen LogP contribution in [0.15, 0.2) is 30.3 Å². The van der Waals surface area contributed by atoms with E-state index in [1.54, 1.807) is 0 Å². The molecule has 0 aliphatic carbocycles. The van der Waals surface area contributed by atoms with Crippen molar-refractivity contribution in [2.75, 3.05) is 19.6 Å². The molecule has 2 aliphatic heterocycles. The first-order chi connectivity index (χ1) is 14.1. The zero-order chi connectivity index (χ0) is 22.3. The number of alkyl halides is 3. The second-order valence-electron chi connectivity index (χ2n) is 8.09. The Hall–Kier alpha value is -2.13. The van der Waals surface area contributed by atoms with Crippen LogP contribution in [-0.2, 0) is 20.9 Å². The van der Waals surface area contributed by atoms with Gasteiger partial charge >= 0.3 is 12.1 Å². The predicted octanol–water partition coefficient (Wildman–Crippen LogP) is 3.07. The maximum Gasteiger partial charge on any atom is 0.490 e. The van der Waals surface area contributed by atoms with Crippen molar-refractivity contribution in [1.29, 1.82) is 0 Å². The van der Waals surface area contributed by atoms with Crippen LogP contribution in [0.25, 0.3) is 0 Å². The summed E-state index contributed by atoms with van der Waals surface area (Å²) in [5.74, 6) is -1.88. The molecule has 1 amide bonds. The maximum absolute atomic E-state index is 12.5. The highest BCUT2D eigenvalue weighted by Crippen LogP contribution is 2.32. The Morgan fingerprint density at radius 3 is 2.43 bits per heavy atom. The van der Waals surface area contributed by atoms with Gasteiger partial charge in [0.2, 0.25) is 5.91 Å². The number of carbonyl (C=O) groups is 2. The second kappa shape index (κ2) is 10.8. The Balaban J connectivity index is 0.000000396. The van der Waals surface area contributed by atoms with Crippen LogP contribution >= 0.6 is 0 Å². The lowest BCUT2D eigenvalue weighted by molar-refractivity contribution is -0.192. The summed E-state index contributed by atoms with van der Waals surface area (Å²) in [4.78, 5) is 23.9. The molecule has 9 heteroatoms. The predicted molar refractivity (Wildman–Crippen MR) is 105 cm³/mol. The fraction of sp³-hybridized carbons (Fsp3) is 0.619. The number of nitrogens with one attached hydrogen (secondary N) is 1. The van der Waals surface area contributed by atoms with E-state index < -0.39 is 12.1 Å². The topological polar surface area (TPSA) is 78.9 Å². The summed E-state index contributed by atoms with van der Waals surface area (Å²) in [5, 5.41) is 10.2. The van der Waals surface area contributed by atoms with E-state index in [1.165, 1.54) is 6.42 Å². The van der Waals surface area contributed by atoms with Crippen molar-refractivity contribution in [3.05, 3.63) is 35.9 Å². The molecule has 2 saturated heterocycles. The number of rotatable bonds is 6. The van der Waals surface area contributed by atoms with E-state index in [9.17, 15) is 18.0 Å². The first-order valence-corrected chi connectivity index (χ1v) is 10.1. The Morgan fingerprint density at radius 1 is 1.23 bits per heavy atom. The first kappa shape index (κ1) is 24.1. The summed E-state index contributed by atoms with van der Waals surface area (Å²) in [6.45, 7) is 8.11. The van der Waals surface area contributed by atoms with Crippen LogP contribution in [0.1, 0.15) is 32.3 Å². The van der Waals surface area contributed by atoms with Crippen LogP contribution in [0.5, 0.6) is 0 Å². The molecule has 6 nitrogen and oxygen atoms in total. The molecular weight excluding hydrogens is 401 g/mol. The number of fused-ring (bicyclic) bond motifs is 2. The van der Waals surface area contributed by atoms with Crippen LogP contribution in [-0.4, -0.2) is 59.9 Å². The van der Waals surface area contributed by atoms with Gasteiger partial charge < -0.3 is 15.2 Å². The molecule has 3 atom stereocenters. The molecule has 0 spiro atoms. The van der Waals surface area contributed by atoms with E-state index in [0.717, 1.165) is 37.5 Å². The number of carboxylic acids is 1. The number of hydrogen-bond acceptors (Lipinski definition) is 4. The van der Waals surface area contributed by atoms with Gasteiger partial charge in [-0.25, -0.2) is 4.79 Å².